The molecule has 0 spiro atoms. The minimum atomic E-state index is -1.78. The summed E-state index contributed by atoms with van der Waals surface area (Å²) in [5.41, 5.74) is -1.78. The number of esters is 2. The summed E-state index contributed by atoms with van der Waals surface area (Å²) in [7, 11) is 0. The Bertz CT molecular complexity index is 431. The van der Waals surface area contributed by atoms with Crippen LogP contribution in [0.4, 0.5) is 0 Å². The Kier molecular flexibility index (Phi) is 2.41. The number of carbonyl (C=O) groups is 4. The summed E-state index contributed by atoms with van der Waals surface area (Å²) in [5.74, 6) is -2.76. The fourth-order valence-electron chi connectivity index (χ4n) is 2.17. The average Bonchev–Trinajstić information content (AvgIpc) is 2.63. The first-order chi connectivity index (χ1) is 7.92. The first-order valence-corrected chi connectivity index (χ1v) is 5.17. The molecular weight excluding hydrogens is 230 g/mol. The second kappa shape index (κ2) is 3.54. The van der Waals surface area contributed by atoms with Crippen molar-refractivity contribution in [2.75, 3.05) is 6.54 Å². The Morgan fingerprint density at radius 2 is 2.18 bits per heavy atom. The maximum absolute atomic E-state index is 12.0. The van der Waals surface area contributed by atoms with Gasteiger partial charge in [0.25, 0.3) is 11.8 Å². The van der Waals surface area contributed by atoms with Gasteiger partial charge in [-0.25, -0.2) is 0 Å². The number of likely N-dealkylation sites (tertiary alicyclic amines) is 1. The van der Waals surface area contributed by atoms with Gasteiger partial charge in [-0.1, -0.05) is 0 Å². The summed E-state index contributed by atoms with van der Waals surface area (Å²) in [6, 6.07) is 0. The largest absolute Gasteiger partial charge is 0.447 e. The Labute approximate surface area is 96.6 Å². The van der Waals surface area contributed by atoms with E-state index in [1.165, 1.54) is 0 Å². The van der Waals surface area contributed by atoms with Gasteiger partial charge in [0.1, 0.15) is 0 Å². The zero-order valence-corrected chi connectivity index (χ0v) is 9.39. The number of imide groups is 1. The summed E-state index contributed by atoms with van der Waals surface area (Å²) in [4.78, 5) is 47.0. The lowest BCUT2D eigenvalue weighted by molar-refractivity contribution is -0.169. The number of amides is 2. The van der Waals surface area contributed by atoms with Gasteiger partial charge in [0, 0.05) is 13.5 Å². The van der Waals surface area contributed by atoms with Crippen molar-refractivity contribution in [1.82, 2.24) is 4.90 Å². The third-order valence-corrected chi connectivity index (χ3v) is 2.82. The van der Waals surface area contributed by atoms with Crippen LogP contribution in [0.3, 0.4) is 0 Å². The molecule has 17 heavy (non-hydrogen) atoms. The van der Waals surface area contributed by atoms with Crippen LogP contribution in [0.15, 0.2) is 0 Å². The fourth-order valence-corrected chi connectivity index (χ4v) is 2.17. The Morgan fingerprint density at radius 3 is 2.71 bits per heavy atom. The third-order valence-electron chi connectivity index (χ3n) is 2.82. The molecule has 0 unspecified atom stereocenters. The first-order valence-electron chi connectivity index (χ1n) is 5.17. The van der Waals surface area contributed by atoms with Crippen LogP contribution in [0.25, 0.3) is 0 Å². The molecule has 0 aromatic rings. The molecule has 2 atom stereocenters. The van der Waals surface area contributed by atoms with E-state index >= 15 is 0 Å². The Balaban J connectivity index is 2.43. The van der Waals surface area contributed by atoms with Gasteiger partial charge in [-0.2, -0.15) is 0 Å². The smallest absolute Gasteiger partial charge is 0.311 e. The van der Waals surface area contributed by atoms with Gasteiger partial charge < -0.3 is 9.47 Å². The summed E-state index contributed by atoms with van der Waals surface area (Å²) in [6.07, 6.45) is -1.73. The van der Waals surface area contributed by atoms with Crippen molar-refractivity contribution in [1.29, 1.82) is 0 Å². The molecule has 7 nitrogen and oxygen atoms in total. The lowest BCUT2D eigenvalue weighted by atomic mass is 9.97. The number of hydrogen-bond acceptors (Lipinski definition) is 6. The van der Waals surface area contributed by atoms with Crippen molar-refractivity contribution in [3.8, 4) is 0 Å². The van der Waals surface area contributed by atoms with Gasteiger partial charge in [0.15, 0.2) is 0 Å². The number of hydrogen-bond donors (Lipinski definition) is 0. The minimum absolute atomic E-state index is 0.148. The molecule has 2 rings (SSSR count). The number of fused-ring (bicyclic) bond motifs is 1. The van der Waals surface area contributed by atoms with Gasteiger partial charge in [-0.05, 0) is 6.92 Å². The molecule has 7 heteroatoms. The highest BCUT2D eigenvalue weighted by Gasteiger charge is 2.68. The maximum Gasteiger partial charge on any atom is 0.311 e. The number of carbonyl (C=O) groups excluding carboxylic acids is 4. The summed E-state index contributed by atoms with van der Waals surface area (Å²) in [6.45, 7) is 2.87. The monoisotopic (exact) mass is 241 g/mol. The highest BCUT2D eigenvalue weighted by atomic mass is 16.6. The van der Waals surface area contributed by atoms with Crippen LogP contribution in [-0.4, -0.2) is 46.9 Å². The molecule has 0 aromatic carbocycles. The normalized spacial score (nSPS) is 31.5. The highest BCUT2D eigenvalue weighted by Crippen LogP contribution is 2.39. The number of ether oxygens (including phenoxy) is 2. The van der Waals surface area contributed by atoms with Crippen molar-refractivity contribution in [2.45, 2.75) is 32.0 Å². The Hall–Kier alpha value is -1.92. The van der Waals surface area contributed by atoms with Crippen LogP contribution in [0.5, 0.6) is 0 Å². The molecule has 0 aromatic heterocycles. The summed E-state index contributed by atoms with van der Waals surface area (Å²) in [5, 5.41) is 0. The van der Waals surface area contributed by atoms with Crippen LogP contribution < -0.4 is 0 Å². The van der Waals surface area contributed by atoms with Crippen LogP contribution in [0.1, 0.15) is 20.3 Å². The standard InChI is InChI=1S/C10H11NO6/c1-3-11-8(14)7-10(9(11)15,17-5(2)12)4-6(13)16-7/h7H,3-4H2,1-2H3/t7-,10-/m1/s1. The van der Waals surface area contributed by atoms with Crippen LogP contribution in [0.2, 0.25) is 0 Å². The van der Waals surface area contributed by atoms with E-state index in [-0.39, 0.29) is 6.54 Å². The van der Waals surface area contributed by atoms with Crippen molar-refractivity contribution >= 4 is 23.8 Å². The van der Waals surface area contributed by atoms with E-state index in [1.807, 2.05) is 0 Å². The number of likely N-dealkylation sites (N-methyl/N-ethyl adjacent to an activating group) is 1. The van der Waals surface area contributed by atoms with Gasteiger partial charge in [-0.3, -0.25) is 24.1 Å². The van der Waals surface area contributed by atoms with E-state index in [0.717, 1.165) is 11.8 Å². The number of rotatable bonds is 2. The minimum Gasteiger partial charge on any atom is -0.447 e. The molecule has 2 amide bonds. The Morgan fingerprint density at radius 1 is 1.53 bits per heavy atom. The molecular formula is C10H11NO6. The van der Waals surface area contributed by atoms with Crippen LogP contribution >= 0.6 is 0 Å². The molecule has 2 aliphatic heterocycles. The van der Waals surface area contributed by atoms with Crippen molar-refractivity contribution in [3.63, 3.8) is 0 Å². The quantitative estimate of drug-likeness (QED) is 0.454. The lowest BCUT2D eigenvalue weighted by Gasteiger charge is -2.21. The SMILES string of the molecule is CCN1C(=O)[C@H]2OC(=O)C[C@]2(OC(C)=O)C1=O. The first kappa shape index (κ1) is 11.6. The lowest BCUT2D eigenvalue weighted by Crippen LogP contribution is -2.46. The second-order valence-electron chi connectivity index (χ2n) is 3.92. The van der Waals surface area contributed by atoms with E-state index in [9.17, 15) is 19.2 Å². The molecule has 2 aliphatic rings. The van der Waals surface area contributed by atoms with Gasteiger partial charge in [0.05, 0.1) is 6.42 Å². The molecule has 2 saturated heterocycles. The molecule has 0 aliphatic carbocycles. The van der Waals surface area contributed by atoms with E-state index in [4.69, 9.17) is 9.47 Å². The van der Waals surface area contributed by atoms with Crippen molar-refractivity contribution in [3.05, 3.63) is 0 Å². The van der Waals surface area contributed by atoms with Crippen molar-refractivity contribution in [2.24, 2.45) is 0 Å². The maximum atomic E-state index is 12.0. The van der Waals surface area contributed by atoms with E-state index < -0.39 is 41.9 Å². The topological polar surface area (TPSA) is 90.0 Å². The predicted molar refractivity (Wildman–Crippen MR) is 51.4 cm³/mol. The molecule has 0 saturated carbocycles. The zero-order chi connectivity index (χ0) is 12.8. The molecule has 0 radical (unpaired) electrons. The van der Waals surface area contributed by atoms with E-state index in [2.05, 4.69) is 0 Å². The van der Waals surface area contributed by atoms with E-state index in [0.29, 0.717) is 0 Å². The molecule has 92 valence electrons. The van der Waals surface area contributed by atoms with Gasteiger partial charge in [0.2, 0.25) is 11.7 Å². The third kappa shape index (κ3) is 1.42. The zero-order valence-electron chi connectivity index (χ0n) is 9.39. The predicted octanol–water partition coefficient (Wildman–Crippen LogP) is -1.01. The molecule has 0 N–H and O–H groups in total. The van der Waals surface area contributed by atoms with Crippen molar-refractivity contribution < 1.29 is 28.7 Å². The van der Waals surface area contributed by atoms with Gasteiger partial charge in [-0.15, -0.1) is 0 Å². The molecule has 0 bridgehead atoms. The van der Waals surface area contributed by atoms with Crippen LogP contribution in [-0.2, 0) is 28.7 Å². The van der Waals surface area contributed by atoms with E-state index in [1.54, 1.807) is 6.92 Å². The summed E-state index contributed by atoms with van der Waals surface area (Å²) >= 11 is 0. The average molecular weight is 241 g/mol. The highest BCUT2D eigenvalue weighted by molar-refractivity contribution is 6.14. The van der Waals surface area contributed by atoms with Crippen LogP contribution in [0, 0.1) is 0 Å². The number of nitrogens with zero attached hydrogens (tertiary/aromatic N) is 1. The molecule has 2 heterocycles. The second-order valence-corrected chi connectivity index (χ2v) is 3.92. The fraction of sp³-hybridized carbons (Fsp3) is 0.600. The summed E-state index contributed by atoms with van der Waals surface area (Å²) < 4.78 is 9.69. The molecule has 2 fully saturated rings. The van der Waals surface area contributed by atoms with Gasteiger partial charge >= 0.3 is 11.9 Å².